The van der Waals surface area contributed by atoms with Crippen molar-refractivity contribution in [2.45, 2.75) is 0 Å². The molecule has 0 spiro atoms. The topological polar surface area (TPSA) is 59.3 Å². The smallest absolute Gasteiger partial charge is 0.345 e. The third-order valence-corrected chi connectivity index (χ3v) is 2.38. The van der Waals surface area contributed by atoms with Gasteiger partial charge in [0.1, 0.15) is 11.8 Å². The van der Waals surface area contributed by atoms with E-state index in [2.05, 4.69) is 4.74 Å². The summed E-state index contributed by atoms with van der Waals surface area (Å²) in [6, 6.07) is 15.2. The van der Waals surface area contributed by atoms with Gasteiger partial charge in [0, 0.05) is 0 Å². The number of hydrogen-bond donors (Lipinski definition) is 0. The molecule has 0 bridgehead atoms. The second-order valence-corrected chi connectivity index (χ2v) is 3.62. The van der Waals surface area contributed by atoms with Crippen molar-refractivity contribution in [2.75, 3.05) is 13.2 Å². The van der Waals surface area contributed by atoms with Crippen molar-refractivity contribution < 1.29 is 14.3 Å². The van der Waals surface area contributed by atoms with Gasteiger partial charge in [-0.1, -0.05) is 30.3 Å². The second kappa shape index (κ2) is 5.69. The van der Waals surface area contributed by atoms with Crippen LogP contribution in [0.2, 0.25) is 0 Å². The molecule has 0 aliphatic heterocycles. The SMILES string of the molecule is N#CCOC(=O)COc1ccc2ccccc2c1. The van der Waals surface area contributed by atoms with Gasteiger partial charge in [-0.3, -0.25) is 0 Å². The number of ether oxygens (including phenoxy) is 2. The molecule has 0 radical (unpaired) electrons. The lowest BCUT2D eigenvalue weighted by atomic mass is 10.1. The summed E-state index contributed by atoms with van der Waals surface area (Å²) >= 11 is 0. The molecule has 0 atom stereocenters. The first-order chi connectivity index (χ1) is 8.79. The predicted octanol–water partition coefficient (Wildman–Crippen LogP) is 2.29. The minimum absolute atomic E-state index is 0.194. The Kier molecular flexibility index (Phi) is 3.77. The first-order valence-electron chi connectivity index (χ1n) is 5.44. The molecule has 4 nitrogen and oxygen atoms in total. The third kappa shape index (κ3) is 2.98. The van der Waals surface area contributed by atoms with Crippen molar-refractivity contribution in [1.29, 1.82) is 5.26 Å². The Hall–Kier alpha value is -2.54. The van der Waals surface area contributed by atoms with Crippen LogP contribution in [-0.4, -0.2) is 19.2 Å². The summed E-state index contributed by atoms with van der Waals surface area (Å²) in [6.45, 7) is -0.445. The molecule has 2 rings (SSSR count). The number of hydrogen-bond acceptors (Lipinski definition) is 4. The maximum atomic E-state index is 11.1. The molecule has 0 heterocycles. The fourth-order valence-corrected chi connectivity index (χ4v) is 1.55. The fraction of sp³-hybridized carbons (Fsp3) is 0.143. The number of carbonyl (C=O) groups excluding carboxylic acids is 1. The number of esters is 1. The van der Waals surface area contributed by atoms with Gasteiger partial charge in [0.15, 0.2) is 13.2 Å². The highest BCUT2D eigenvalue weighted by molar-refractivity contribution is 5.83. The molecular formula is C14H11NO3. The number of benzene rings is 2. The van der Waals surface area contributed by atoms with Gasteiger partial charge in [-0.05, 0) is 22.9 Å². The van der Waals surface area contributed by atoms with Crippen molar-refractivity contribution in [2.24, 2.45) is 0 Å². The van der Waals surface area contributed by atoms with Crippen molar-refractivity contribution in [1.82, 2.24) is 0 Å². The predicted molar refractivity (Wildman–Crippen MR) is 66.0 cm³/mol. The highest BCUT2D eigenvalue weighted by Crippen LogP contribution is 2.20. The highest BCUT2D eigenvalue weighted by Gasteiger charge is 2.04. The molecule has 0 fully saturated rings. The van der Waals surface area contributed by atoms with E-state index in [1.54, 1.807) is 12.1 Å². The molecule has 18 heavy (non-hydrogen) atoms. The molecule has 2 aromatic carbocycles. The van der Waals surface area contributed by atoms with E-state index in [4.69, 9.17) is 10.00 Å². The van der Waals surface area contributed by atoms with Crippen LogP contribution in [0.5, 0.6) is 5.75 Å². The van der Waals surface area contributed by atoms with Crippen molar-refractivity contribution in [3.05, 3.63) is 42.5 Å². The molecule has 90 valence electrons. The Morgan fingerprint density at radius 3 is 2.72 bits per heavy atom. The van der Waals surface area contributed by atoms with E-state index < -0.39 is 5.97 Å². The Labute approximate surface area is 104 Å². The molecule has 0 unspecified atom stereocenters. The maximum Gasteiger partial charge on any atom is 0.345 e. The van der Waals surface area contributed by atoms with E-state index >= 15 is 0 Å². The fourth-order valence-electron chi connectivity index (χ4n) is 1.55. The highest BCUT2D eigenvalue weighted by atomic mass is 16.6. The van der Waals surface area contributed by atoms with E-state index in [1.807, 2.05) is 36.4 Å². The largest absolute Gasteiger partial charge is 0.482 e. The number of fused-ring (bicyclic) bond motifs is 1. The Balaban J connectivity index is 2.00. The normalized spacial score (nSPS) is 9.72. The molecule has 0 saturated carbocycles. The minimum atomic E-state index is -0.551. The van der Waals surface area contributed by atoms with Crippen LogP contribution in [-0.2, 0) is 9.53 Å². The molecule has 0 N–H and O–H groups in total. The lowest BCUT2D eigenvalue weighted by Gasteiger charge is -2.06. The molecule has 2 aromatic rings. The summed E-state index contributed by atoms with van der Waals surface area (Å²) in [5.74, 6) is 0.0484. The summed E-state index contributed by atoms with van der Waals surface area (Å²) in [6.07, 6.45) is 0. The third-order valence-electron chi connectivity index (χ3n) is 2.38. The quantitative estimate of drug-likeness (QED) is 0.770. The zero-order valence-corrected chi connectivity index (χ0v) is 9.63. The molecule has 4 heteroatoms. The standard InChI is InChI=1S/C14H11NO3/c15-7-8-17-14(16)10-18-13-6-5-11-3-1-2-4-12(11)9-13/h1-6,9H,8,10H2. The zero-order valence-electron chi connectivity index (χ0n) is 9.63. The van der Waals surface area contributed by atoms with E-state index in [-0.39, 0.29) is 13.2 Å². The average molecular weight is 241 g/mol. The first kappa shape index (κ1) is 11.9. The Morgan fingerprint density at radius 2 is 1.94 bits per heavy atom. The van der Waals surface area contributed by atoms with Gasteiger partial charge in [-0.2, -0.15) is 5.26 Å². The van der Waals surface area contributed by atoms with Crippen LogP contribution in [0.15, 0.2) is 42.5 Å². The van der Waals surface area contributed by atoms with E-state index in [0.29, 0.717) is 5.75 Å². The Morgan fingerprint density at radius 1 is 1.17 bits per heavy atom. The van der Waals surface area contributed by atoms with Crippen LogP contribution in [0, 0.1) is 11.3 Å². The van der Waals surface area contributed by atoms with Gasteiger partial charge >= 0.3 is 5.97 Å². The van der Waals surface area contributed by atoms with Crippen LogP contribution >= 0.6 is 0 Å². The molecule has 0 aliphatic carbocycles. The lowest BCUT2D eigenvalue weighted by molar-refractivity contribution is -0.144. The summed E-state index contributed by atoms with van der Waals surface area (Å²) in [4.78, 5) is 11.1. The van der Waals surface area contributed by atoms with Gasteiger partial charge in [0.05, 0.1) is 0 Å². The van der Waals surface area contributed by atoms with Crippen LogP contribution in [0.1, 0.15) is 0 Å². The number of carbonyl (C=O) groups is 1. The van der Waals surface area contributed by atoms with Crippen LogP contribution in [0.25, 0.3) is 10.8 Å². The van der Waals surface area contributed by atoms with Crippen LogP contribution < -0.4 is 4.74 Å². The maximum absolute atomic E-state index is 11.1. The van der Waals surface area contributed by atoms with Crippen LogP contribution in [0.3, 0.4) is 0 Å². The number of nitriles is 1. The van der Waals surface area contributed by atoms with E-state index in [0.717, 1.165) is 10.8 Å². The van der Waals surface area contributed by atoms with Gasteiger partial charge in [0.25, 0.3) is 0 Å². The van der Waals surface area contributed by atoms with Gasteiger partial charge in [-0.25, -0.2) is 4.79 Å². The first-order valence-corrected chi connectivity index (χ1v) is 5.44. The van der Waals surface area contributed by atoms with Crippen LogP contribution in [0.4, 0.5) is 0 Å². The van der Waals surface area contributed by atoms with Crippen molar-refractivity contribution in [3.63, 3.8) is 0 Å². The second-order valence-electron chi connectivity index (χ2n) is 3.62. The summed E-state index contributed by atoms with van der Waals surface area (Å²) in [7, 11) is 0. The summed E-state index contributed by atoms with van der Waals surface area (Å²) in [5, 5.41) is 10.4. The van der Waals surface area contributed by atoms with Gasteiger partial charge in [0.2, 0.25) is 0 Å². The van der Waals surface area contributed by atoms with E-state index in [9.17, 15) is 4.79 Å². The average Bonchev–Trinajstić information content (AvgIpc) is 2.42. The van der Waals surface area contributed by atoms with Gasteiger partial charge in [-0.15, -0.1) is 0 Å². The lowest BCUT2D eigenvalue weighted by Crippen LogP contribution is -2.14. The number of nitrogens with zero attached hydrogens (tertiary/aromatic N) is 1. The Bertz CT molecular complexity index is 601. The molecule has 0 aliphatic rings. The summed E-state index contributed by atoms with van der Waals surface area (Å²) < 4.78 is 9.86. The molecule has 0 aromatic heterocycles. The molecule has 0 saturated heterocycles. The summed E-state index contributed by atoms with van der Waals surface area (Å²) in [5.41, 5.74) is 0. The van der Waals surface area contributed by atoms with Gasteiger partial charge < -0.3 is 9.47 Å². The molecule has 0 amide bonds. The van der Waals surface area contributed by atoms with Crippen molar-refractivity contribution in [3.8, 4) is 11.8 Å². The monoisotopic (exact) mass is 241 g/mol. The number of rotatable bonds is 4. The molecular weight excluding hydrogens is 230 g/mol. The zero-order chi connectivity index (χ0) is 12.8. The van der Waals surface area contributed by atoms with E-state index in [1.165, 1.54) is 0 Å². The minimum Gasteiger partial charge on any atom is -0.482 e. The van der Waals surface area contributed by atoms with Crippen molar-refractivity contribution >= 4 is 16.7 Å².